The number of rotatable bonds is 3. The first-order valence-corrected chi connectivity index (χ1v) is 6.46. The minimum atomic E-state index is -0.689. The van der Waals surface area contributed by atoms with Crippen LogP contribution in [0.4, 0.5) is 0 Å². The Bertz CT molecular complexity index is 466. The van der Waals surface area contributed by atoms with Crippen molar-refractivity contribution in [1.82, 2.24) is 9.55 Å². The largest absolute Gasteiger partial charge is 0.331 e. The zero-order chi connectivity index (χ0) is 11.9. The van der Waals surface area contributed by atoms with Crippen molar-refractivity contribution in [2.24, 2.45) is 11.7 Å². The summed E-state index contributed by atoms with van der Waals surface area (Å²) in [5, 5.41) is 9.29. The lowest BCUT2D eigenvalue weighted by Gasteiger charge is -2.23. The van der Waals surface area contributed by atoms with Crippen molar-refractivity contribution in [3.05, 3.63) is 17.7 Å². The van der Waals surface area contributed by atoms with Gasteiger partial charge in [0.1, 0.15) is 5.54 Å². The molecule has 3 rings (SSSR count). The van der Waals surface area contributed by atoms with Crippen molar-refractivity contribution in [1.29, 1.82) is 5.26 Å². The molecule has 90 valence electrons. The molecule has 0 amide bonds. The highest BCUT2D eigenvalue weighted by Gasteiger charge is 2.43. The number of fused-ring (bicyclic) bond motifs is 1. The monoisotopic (exact) mass is 230 g/mol. The van der Waals surface area contributed by atoms with E-state index >= 15 is 0 Å². The minimum Gasteiger partial charge on any atom is -0.331 e. The van der Waals surface area contributed by atoms with E-state index in [9.17, 15) is 5.26 Å². The van der Waals surface area contributed by atoms with E-state index in [1.54, 1.807) is 0 Å². The molecule has 0 aromatic carbocycles. The van der Waals surface area contributed by atoms with Crippen molar-refractivity contribution in [3.8, 4) is 6.07 Å². The van der Waals surface area contributed by atoms with Gasteiger partial charge in [-0.25, -0.2) is 4.98 Å². The van der Waals surface area contributed by atoms with E-state index < -0.39 is 5.54 Å². The molecule has 4 nitrogen and oxygen atoms in total. The SMILES string of the molecule is N#CC(N)(Cn1cnc2c1CCCC2)C1CC1. The van der Waals surface area contributed by atoms with E-state index in [1.165, 1.54) is 24.2 Å². The van der Waals surface area contributed by atoms with Crippen molar-refractivity contribution in [3.63, 3.8) is 0 Å². The van der Waals surface area contributed by atoms with Gasteiger partial charge >= 0.3 is 0 Å². The lowest BCUT2D eigenvalue weighted by Crippen LogP contribution is -2.45. The van der Waals surface area contributed by atoms with Gasteiger partial charge in [-0.15, -0.1) is 0 Å². The summed E-state index contributed by atoms with van der Waals surface area (Å²) in [4.78, 5) is 4.45. The molecule has 0 aliphatic heterocycles. The molecule has 0 spiro atoms. The van der Waals surface area contributed by atoms with Crippen LogP contribution in [0, 0.1) is 17.2 Å². The number of aryl methyl sites for hydroxylation is 1. The molecule has 2 aliphatic carbocycles. The van der Waals surface area contributed by atoms with Crippen LogP contribution in [0.1, 0.15) is 37.1 Å². The van der Waals surface area contributed by atoms with Gasteiger partial charge in [-0.3, -0.25) is 0 Å². The molecule has 2 N–H and O–H groups in total. The Hall–Kier alpha value is -1.34. The summed E-state index contributed by atoms with van der Waals surface area (Å²) in [6.45, 7) is 0.608. The number of nitrogens with two attached hydrogens (primary N) is 1. The quantitative estimate of drug-likeness (QED) is 0.853. The Kier molecular flexibility index (Phi) is 2.44. The standard InChI is InChI=1S/C13H18N4/c14-7-13(15,10-5-6-10)8-17-9-16-11-3-1-2-4-12(11)17/h9-10H,1-6,8,15H2. The molecule has 1 atom stereocenters. The maximum atomic E-state index is 9.29. The summed E-state index contributed by atoms with van der Waals surface area (Å²) >= 11 is 0. The molecule has 0 saturated heterocycles. The molecule has 4 heteroatoms. The van der Waals surface area contributed by atoms with Crippen LogP contribution in [0.5, 0.6) is 0 Å². The number of imidazole rings is 1. The summed E-state index contributed by atoms with van der Waals surface area (Å²) < 4.78 is 2.12. The fraction of sp³-hybridized carbons (Fsp3) is 0.692. The van der Waals surface area contributed by atoms with E-state index in [1.807, 2.05) is 6.33 Å². The van der Waals surface area contributed by atoms with Gasteiger partial charge in [0.05, 0.1) is 24.6 Å². The zero-order valence-corrected chi connectivity index (χ0v) is 10.0. The molecular weight excluding hydrogens is 212 g/mol. The van der Waals surface area contributed by atoms with Crippen LogP contribution < -0.4 is 5.73 Å². The number of nitrogens with zero attached hydrogens (tertiary/aromatic N) is 3. The van der Waals surface area contributed by atoms with Crippen LogP contribution >= 0.6 is 0 Å². The second-order valence-electron chi connectivity index (χ2n) is 5.40. The van der Waals surface area contributed by atoms with E-state index in [0.717, 1.165) is 25.7 Å². The molecule has 1 aromatic rings. The summed E-state index contributed by atoms with van der Waals surface area (Å²) in [7, 11) is 0. The van der Waals surface area contributed by atoms with E-state index in [0.29, 0.717) is 12.5 Å². The Morgan fingerprint density at radius 1 is 1.47 bits per heavy atom. The van der Waals surface area contributed by atoms with Crippen molar-refractivity contribution >= 4 is 0 Å². The lowest BCUT2D eigenvalue weighted by molar-refractivity contribution is 0.396. The van der Waals surface area contributed by atoms with Crippen LogP contribution in [0.15, 0.2) is 6.33 Å². The molecule has 0 bridgehead atoms. The van der Waals surface area contributed by atoms with E-state index in [2.05, 4.69) is 15.6 Å². The molecule has 1 saturated carbocycles. The van der Waals surface area contributed by atoms with Crippen molar-refractivity contribution in [2.75, 3.05) is 0 Å². The smallest absolute Gasteiger partial charge is 0.125 e. The second kappa shape index (κ2) is 3.85. The maximum Gasteiger partial charge on any atom is 0.125 e. The van der Waals surface area contributed by atoms with Crippen LogP contribution in [0.3, 0.4) is 0 Å². The number of nitriles is 1. The first kappa shape index (κ1) is 10.8. The molecule has 1 heterocycles. The molecule has 1 aromatic heterocycles. The summed E-state index contributed by atoms with van der Waals surface area (Å²) in [6, 6.07) is 2.31. The minimum absolute atomic E-state index is 0.383. The molecular formula is C13H18N4. The number of aromatic nitrogens is 2. The predicted molar refractivity (Wildman–Crippen MR) is 64.1 cm³/mol. The van der Waals surface area contributed by atoms with Gasteiger partial charge in [-0.2, -0.15) is 5.26 Å². The normalized spacial score (nSPS) is 22.6. The van der Waals surface area contributed by atoms with Crippen LogP contribution in [0.2, 0.25) is 0 Å². The Morgan fingerprint density at radius 2 is 2.24 bits per heavy atom. The van der Waals surface area contributed by atoms with E-state index in [-0.39, 0.29) is 0 Å². The molecule has 17 heavy (non-hydrogen) atoms. The third-order valence-electron chi connectivity index (χ3n) is 4.06. The summed E-state index contributed by atoms with van der Waals surface area (Å²) in [5.74, 6) is 0.383. The van der Waals surface area contributed by atoms with Gasteiger partial charge in [-0.05, 0) is 44.4 Å². The predicted octanol–water partition coefficient (Wildman–Crippen LogP) is 1.39. The Morgan fingerprint density at radius 3 is 2.94 bits per heavy atom. The first-order chi connectivity index (χ1) is 8.23. The maximum absolute atomic E-state index is 9.29. The van der Waals surface area contributed by atoms with Crippen molar-refractivity contribution < 1.29 is 0 Å². The highest BCUT2D eigenvalue weighted by Crippen LogP contribution is 2.39. The average molecular weight is 230 g/mol. The molecule has 1 fully saturated rings. The summed E-state index contributed by atoms with van der Waals surface area (Å²) in [5.41, 5.74) is 8.05. The van der Waals surface area contributed by atoms with Gasteiger partial charge in [0.15, 0.2) is 0 Å². The van der Waals surface area contributed by atoms with E-state index in [4.69, 9.17) is 5.73 Å². The fourth-order valence-electron chi connectivity index (χ4n) is 2.80. The van der Waals surface area contributed by atoms with Crippen molar-refractivity contribution in [2.45, 2.75) is 50.6 Å². The second-order valence-corrected chi connectivity index (χ2v) is 5.40. The lowest BCUT2D eigenvalue weighted by atomic mass is 9.95. The molecule has 2 aliphatic rings. The van der Waals surface area contributed by atoms with Gasteiger partial charge in [-0.1, -0.05) is 0 Å². The van der Waals surface area contributed by atoms with Gasteiger partial charge < -0.3 is 10.3 Å². The van der Waals surface area contributed by atoms with Gasteiger partial charge in [0.25, 0.3) is 0 Å². The average Bonchev–Trinajstić information content (AvgIpc) is 3.14. The zero-order valence-electron chi connectivity index (χ0n) is 10.0. The third kappa shape index (κ3) is 1.85. The molecule has 1 unspecified atom stereocenters. The highest BCUT2D eigenvalue weighted by atomic mass is 15.1. The first-order valence-electron chi connectivity index (χ1n) is 6.46. The number of hydrogen-bond acceptors (Lipinski definition) is 3. The summed E-state index contributed by atoms with van der Waals surface area (Å²) in [6.07, 6.45) is 8.70. The Balaban J connectivity index is 1.85. The van der Waals surface area contributed by atoms with Crippen LogP contribution in [-0.2, 0) is 19.4 Å². The van der Waals surface area contributed by atoms with Gasteiger partial charge in [0, 0.05) is 5.69 Å². The topological polar surface area (TPSA) is 67.6 Å². The fourth-order valence-corrected chi connectivity index (χ4v) is 2.80. The third-order valence-corrected chi connectivity index (χ3v) is 4.06. The van der Waals surface area contributed by atoms with Gasteiger partial charge in [0.2, 0.25) is 0 Å². The number of hydrogen-bond donors (Lipinski definition) is 1. The van der Waals surface area contributed by atoms with Crippen LogP contribution in [-0.4, -0.2) is 15.1 Å². The van der Waals surface area contributed by atoms with Crippen LogP contribution in [0.25, 0.3) is 0 Å². The molecule has 0 radical (unpaired) electrons. The highest BCUT2D eigenvalue weighted by molar-refractivity contribution is 5.20. The Labute approximate surface area is 101 Å².